The van der Waals surface area contributed by atoms with Gasteiger partial charge in [0.25, 0.3) is 0 Å². The van der Waals surface area contributed by atoms with Crippen LogP contribution < -0.4 is 5.32 Å². The molecule has 1 atom stereocenters. The SMILES string of the molecule is COC(=O)[C@H]1C=C(C)CN1. The molecule has 0 spiro atoms. The maximum Gasteiger partial charge on any atom is 0.326 e. The highest BCUT2D eigenvalue weighted by Gasteiger charge is 2.19. The minimum absolute atomic E-state index is 0.211. The van der Waals surface area contributed by atoms with E-state index in [0.29, 0.717) is 0 Å². The predicted octanol–water partition coefficient (Wildman–Crippen LogP) is 0.0775. The molecule has 10 heavy (non-hydrogen) atoms. The molecule has 1 N–H and O–H groups in total. The van der Waals surface area contributed by atoms with Gasteiger partial charge in [0.2, 0.25) is 0 Å². The van der Waals surface area contributed by atoms with E-state index in [2.05, 4.69) is 10.1 Å². The third-order valence-corrected chi connectivity index (χ3v) is 1.51. The molecule has 0 radical (unpaired) electrons. The van der Waals surface area contributed by atoms with E-state index >= 15 is 0 Å². The van der Waals surface area contributed by atoms with Crippen LogP contribution in [0.4, 0.5) is 0 Å². The minimum atomic E-state index is -0.218. The number of esters is 1. The van der Waals surface area contributed by atoms with E-state index < -0.39 is 0 Å². The van der Waals surface area contributed by atoms with Crippen molar-refractivity contribution in [3.8, 4) is 0 Å². The molecule has 1 aliphatic rings. The number of hydrogen-bond donors (Lipinski definition) is 1. The van der Waals surface area contributed by atoms with E-state index in [-0.39, 0.29) is 12.0 Å². The van der Waals surface area contributed by atoms with Crippen LogP contribution in [0, 0.1) is 0 Å². The molecule has 0 bridgehead atoms. The molecule has 0 aromatic rings. The molecule has 0 fully saturated rings. The molecule has 0 saturated heterocycles. The fourth-order valence-corrected chi connectivity index (χ4v) is 0.952. The zero-order valence-electron chi connectivity index (χ0n) is 6.18. The maximum atomic E-state index is 10.8. The van der Waals surface area contributed by atoms with Gasteiger partial charge in [-0.3, -0.25) is 10.1 Å². The number of carbonyl (C=O) groups excluding carboxylic acids is 1. The van der Waals surface area contributed by atoms with Crippen molar-refractivity contribution in [1.82, 2.24) is 5.32 Å². The summed E-state index contributed by atoms with van der Waals surface area (Å²) >= 11 is 0. The van der Waals surface area contributed by atoms with Gasteiger partial charge < -0.3 is 4.74 Å². The molecule has 0 aliphatic carbocycles. The van der Waals surface area contributed by atoms with Crippen molar-refractivity contribution in [1.29, 1.82) is 0 Å². The maximum absolute atomic E-state index is 10.8. The van der Waals surface area contributed by atoms with Crippen LogP contribution in [0.25, 0.3) is 0 Å². The van der Waals surface area contributed by atoms with Crippen LogP contribution in [0.3, 0.4) is 0 Å². The summed E-state index contributed by atoms with van der Waals surface area (Å²) in [4.78, 5) is 10.8. The van der Waals surface area contributed by atoms with E-state index in [0.717, 1.165) is 6.54 Å². The van der Waals surface area contributed by atoms with E-state index in [4.69, 9.17) is 0 Å². The molecular formula is C7H11NO2. The Kier molecular flexibility index (Phi) is 2.06. The second-order valence-corrected chi connectivity index (χ2v) is 2.39. The van der Waals surface area contributed by atoms with Gasteiger partial charge in [-0.15, -0.1) is 0 Å². The van der Waals surface area contributed by atoms with Crippen LogP contribution in [0.2, 0.25) is 0 Å². The third kappa shape index (κ3) is 1.36. The Labute approximate surface area is 60.1 Å². The Morgan fingerprint density at radius 1 is 1.90 bits per heavy atom. The van der Waals surface area contributed by atoms with Crippen molar-refractivity contribution in [3.63, 3.8) is 0 Å². The Bertz CT molecular complexity index is 174. The van der Waals surface area contributed by atoms with Gasteiger partial charge in [-0.25, -0.2) is 0 Å². The average molecular weight is 141 g/mol. The number of rotatable bonds is 1. The highest BCUT2D eigenvalue weighted by molar-refractivity contribution is 5.78. The molecule has 56 valence electrons. The van der Waals surface area contributed by atoms with Gasteiger partial charge in [0.1, 0.15) is 6.04 Å². The quantitative estimate of drug-likeness (QED) is 0.415. The summed E-state index contributed by atoms with van der Waals surface area (Å²) in [6, 6.07) is -0.218. The molecule has 0 aromatic heterocycles. The molecule has 3 heteroatoms. The summed E-state index contributed by atoms with van der Waals surface area (Å²) < 4.78 is 4.54. The van der Waals surface area contributed by atoms with E-state index in [1.165, 1.54) is 12.7 Å². The lowest BCUT2D eigenvalue weighted by atomic mass is 10.3. The first-order valence-corrected chi connectivity index (χ1v) is 3.22. The summed E-state index contributed by atoms with van der Waals surface area (Å²) in [5.41, 5.74) is 1.19. The number of carbonyl (C=O) groups is 1. The van der Waals surface area contributed by atoms with Crippen LogP contribution in [0.5, 0.6) is 0 Å². The number of hydrogen-bond acceptors (Lipinski definition) is 3. The first kappa shape index (κ1) is 7.28. The predicted molar refractivity (Wildman–Crippen MR) is 37.6 cm³/mol. The van der Waals surface area contributed by atoms with Crippen LogP contribution in [0.15, 0.2) is 11.6 Å². The van der Waals surface area contributed by atoms with Crippen molar-refractivity contribution >= 4 is 5.97 Å². The standard InChI is InChI=1S/C7H11NO2/c1-5-3-6(8-4-5)7(9)10-2/h3,6,8H,4H2,1-2H3/t6-/m1/s1. The summed E-state index contributed by atoms with van der Waals surface area (Å²) in [6.45, 7) is 2.77. The second-order valence-electron chi connectivity index (χ2n) is 2.39. The lowest BCUT2D eigenvalue weighted by Crippen LogP contribution is -2.31. The highest BCUT2D eigenvalue weighted by atomic mass is 16.5. The van der Waals surface area contributed by atoms with Gasteiger partial charge in [-0.05, 0) is 6.92 Å². The number of methoxy groups -OCH3 is 1. The van der Waals surface area contributed by atoms with Crippen molar-refractivity contribution < 1.29 is 9.53 Å². The molecule has 0 saturated carbocycles. The summed E-state index contributed by atoms with van der Waals surface area (Å²) in [7, 11) is 1.39. The van der Waals surface area contributed by atoms with Gasteiger partial charge in [0, 0.05) is 6.54 Å². The van der Waals surface area contributed by atoms with Crippen LogP contribution in [0.1, 0.15) is 6.92 Å². The Morgan fingerprint density at radius 3 is 3.00 bits per heavy atom. The van der Waals surface area contributed by atoms with Crippen LogP contribution in [-0.4, -0.2) is 25.7 Å². The van der Waals surface area contributed by atoms with Crippen molar-refractivity contribution in [3.05, 3.63) is 11.6 Å². The topological polar surface area (TPSA) is 38.3 Å². The lowest BCUT2D eigenvalue weighted by Gasteiger charge is -2.03. The number of nitrogens with one attached hydrogen (secondary N) is 1. The molecule has 3 nitrogen and oxygen atoms in total. The largest absolute Gasteiger partial charge is 0.468 e. The smallest absolute Gasteiger partial charge is 0.326 e. The Morgan fingerprint density at radius 2 is 2.60 bits per heavy atom. The molecule has 0 amide bonds. The normalized spacial score (nSPS) is 24.2. The first-order chi connectivity index (χ1) is 4.74. The minimum Gasteiger partial charge on any atom is -0.468 e. The van der Waals surface area contributed by atoms with Crippen molar-refractivity contribution in [2.75, 3.05) is 13.7 Å². The zero-order valence-corrected chi connectivity index (χ0v) is 6.18. The third-order valence-electron chi connectivity index (χ3n) is 1.51. The fourth-order valence-electron chi connectivity index (χ4n) is 0.952. The number of ether oxygens (including phenoxy) is 1. The Hall–Kier alpha value is -0.830. The van der Waals surface area contributed by atoms with Gasteiger partial charge in [-0.1, -0.05) is 11.6 Å². The molecular weight excluding hydrogens is 130 g/mol. The second kappa shape index (κ2) is 2.84. The average Bonchev–Trinajstić information content (AvgIpc) is 2.34. The van der Waals surface area contributed by atoms with Gasteiger partial charge in [-0.2, -0.15) is 0 Å². The zero-order chi connectivity index (χ0) is 7.56. The molecule has 0 aromatic carbocycles. The summed E-state index contributed by atoms with van der Waals surface area (Å²) in [6.07, 6.45) is 1.88. The fraction of sp³-hybridized carbons (Fsp3) is 0.571. The van der Waals surface area contributed by atoms with Gasteiger partial charge >= 0.3 is 5.97 Å². The van der Waals surface area contributed by atoms with Gasteiger partial charge in [0.15, 0.2) is 0 Å². The molecule has 0 unspecified atom stereocenters. The van der Waals surface area contributed by atoms with Crippen LogP contribution in [-0.2, 0) is 9.53 Å². The lowest BCUT2D eigenvalue weighted by molar-refractivity contribution is -0.141. The first-order valence-electron chi connectivity index (χ1n) is 3.22. The van der Waals surface area contributed by atoms with Gasteiger partial charge in [0.05, 0.1) is 7.11 Å². The molecule has 1 rings (SSSR count). The van der Waals surface area contributed by atoms with Crippen molar-refractivity contribution in [2.24, 2.45) is 0 Å². The molecule has 1 aliphatic heterocycles. The van der Waals surface area contributed by atoms with E-state index in [1.807, 2.05) is 13.0 Å². The van der Waals surface area contributed by atoms with Crippen LogP contribution >= 0.6 is 0 Å². The van der Waals surface area contributed by atoms with E-state index in [1.54, 1.807) is 0 Å². The van der Waals surface area contributed by atoms with E-state index in [9.17, 15) is 4.79 Å². The monoisotopic (exact) mass is 141 g/mol. The summed E-state index contributed by atoms with van der Waals surface area (Å²) in [5, 5.41) is 2.99. The molecule has 1 heterocycles. The van der Waals surface area contributed by atoms with Crippen molar-refractivity contribution in [2.45, 2.75) is 13.0 Å². The highest BCUT2D eigenvalue weighted by Crippen LogP contribution is 2.04. The summed E-state index contributed by atoms with van der Waals surface area (Å²) in [5.74, 6) is -0.211. The Balaban J connectivity index is 2.52.